The number of rotatable bonds is 4. The number of fused-ring (bicyclic) bond motifs is 1. The molecule has 22 heavy (non-hydrogen) atoms. The maximum atomic E-state index is 12.2. The number of aryl methyl sites for hydroxylation is 2. The largest absolute Gasteiger partial charge is 0.325 e. The number of anilines is 1. The molecule has 1 heterocycles. The smallest absolute Gasteiger partial charge is 0.234 e. The summed E-state index contributed by atoms with van der Waals surface area (Å²) in [7, 11) is 0. The summed E-state index contributed by atoms with van der Waals surface area (Å²) in [6.45, 7) is 4.01. The van der Waals surface area contributed by atoms with E-state index < -0.39 is 0 Å². The van der Waals surface area contributed by atoms with E-state index >= 15 is 0 Å². The molecule has 1 amide bonds. The zero-order chi connectivity index (χ0) is 15.5. The Hall–Kier alpha value is -1.85. The molecule has 3 nitrogen and oxygen atoms in total. The van der Waals surface area contributed by atoms with E-state index in [4.69, 9.17) is 0 Å². The summed E-state index contributed by atoms with van der Waals surface area (Å²) in [6, 6.07) is 14.0. The fraction of sp³-hybridized carbons (Fsp3) is 0.176. The standard InChI is InChI=1S/C17H16N2OS2/c1-11-6-5-7-12(2)16(11)19-15(20)10-21-17-18-13-8-3-4-9-14(13)22-17/h3-9H,10H2,1-2H3,(H,19,20). The molecule has 0 fully saturated rings. The molecular weight excluding hydrogens is 312 g/mol. The summed E-state index contributed by atoms with van der Waals surface area (Å²) in [5.74, 6) is 0.370. The molecular formula is C17H16N2OS2. The van der Waals surface area contributed by atoms with Crippen LogP contribution >= 0.6 is 23.1 Å². The second-order valence-electron chi connectivity index (χ2n) is 5.05. The van der Waals surface area contributed by atoms with Crippen molar-refractivity contribution in [3.63, 3.8) is 0 Å². The van der Waals surface area contributed by atoms with Gasteiger partial charge in [0.05, 0.1) is 16.0 Å². The lowest BCUT2D eigenvalue weighted by atomic mass is 10.1. The number of para-hydroxylation sites is 2. The summed E-state index contributed by atoms with van der Waals surface area (Å²) < 4.78 is 2.08. The maximum absolute atomic E-state index is 12.2. The van der Waals surface area contributed by atoms with Gasteiger partial charge in [-0.3, -0.25) is 4.79 Å². The van der Waals surface area contributed by atoms with Crippen molar-refractivity contribution in [3.8, 4) is 0 Å². The molecule has 0 aliphatic rings. The molecule has 2 aromatic carbocycles. The Kier molecular flexibility index (Phi) is 4.45. The first-order chi connectivity index (χ1) is 10.6. The van der Waals surface area contributed by atoms with Gasteiger partial charge in [0.15, 0.2) is 4.34 Å². The number of hydrogen-bond acceptors (Lipinski definition) is 4. The Morgan fingerprint density at radius 1 is 1.14 bits per heavy atom. The molecule has 112 valence electrons. The number of nitrogens with one attached hydrogen (secondary N) is 1. The quantitative estimate of drug-likeness (QED) is 0.709. The molecule has 5 heteroatoms. The molecule has 1 N–H and O–H groups in total. The van der Waals surface area contributed by atoms with Crippen LogP contribution in [-0.2, 0) is 4.79 Å². The third-order valence-electron chi connectivity index (χ3n) is 3.35. The number of amides is 1. The number of aromatic nitrogens is 1. The molecule has 3 rings (SSSR count). The lowest BCUT2D eigenvalue weighted by Crippen LogP contribution is -2.15. The second-order valence-corrected chi connectivity index (χ2v) is 7.30. The fourth-order valence-electron chi connectivity index (χ4n) is 2.23. The van der Waals surface area contributed by atoms with Gasteiger partial charge in [-0.25, -0.2) is 4.98 Å². The van der Waals surface area contributed by atoms with Gasteiger partial charge in [-0.2, -0.15) is 0 Å². The number of thiazole rings is 1. The Balaban J connectivity index is 1.65. The van der Waals surface area contributed by atoms with Gasteiger partial charge in [0.25, 0.3) is 0 Å². The van der Waals surface area contributed by atoms with Crippen LogP contribution in [0.15, 0.2) is 46.8 Å². The SMILES string of the molecule is Cc1cccc(C)c1NC(=O)CSc1nc2ccccc2s1. The van der Waals surface area contributed by atoms with Gasteiger partial charge >= 0.3 is 0 Å². The van der Waals surface area contributed by atoms with Gasteiger partial charge in [0.1, 0.15) is 0 Å². The number of thioether (sulfide) groups is 1. The van der Waals surface area contributed by atoms with E-state index in [-0.39, 0.29) is 5.91 Å². The normalized spacial score (nSPS) is 10.8. The average Bonchev–Trinajstić information content (AvgIpc) is 2.92. The van der Waals surface area contributed by atoms with Crippen molar-refractivity contribution in [2.75, 3.05) is 11.1 Å². The van der Waals surface area contributed by atoms with Gasteiger partial charge in [0, 0.05) is 5.69 Å². The highest BCUT2D eigenvalue weighted by atomic mass is 32.2. The summed E-state index contributed by atoms with van der Waals surface area (Å²) in [6.07, 6.45) is 0. The summed E-state index contributed by atoms with van der Waals surface area (Å²) in [5.41, 5.74) is 4.07. The highest BCUT2D eigenvalue weighted by Crippen LogP contribution is 2.29. The van der Waals surface area contributed by atoms with Crippen LogP contribution in [0, 0.1) is 13.8 Å². The fourth-order valence-corrected chi connectivity index (χ4v) is 4.10. The third-order valence-corrected chi connectivity index (χ3v) is 5.53. The van der Waals surface area contributed by atoms with E-state index in [0.29, 0.717) is 5.75 Å². The van der Waals surface area contributed by atoms with Crippen LogP contribution < -0.4 is 5.32 Å². The number of nitrogens with zero attached hydrogens (tertiary/aromatic N) is 1. The first-order valence-corrected chi connectivity index (χ1v) is 8.78. The van der Waals surface area contributed by atoms with Crippen molar-refractivity contribution in [3.05, 3.63) is 53.6 Å². The molecule has 0 aliphatic carbocycles. The Morgan fingerprint density at radius 2 is 1.86 bits per heavy atom. The molecule has 0 unspecified atom stereocenters. The number of carbonyl (C=O) groups is 1. The zero-order valence-electron chi connectivity index (χ0n) is 12.4. The summed E-state index contributed by atoms with van der Waals surface area (Å²) >= 11 is 3.10. The zero-order valence-corrected chi connectivity index (χ0v) is 14.1. The Bertz CT molecular complexity index is 773. The molecule has 0 aliphatic heterocycles. The minimum atomic E-state index is 0.00153. The van der Waals surface area contributed by atoms with E-state index in [2.05, 4.69) is 10.3 Å². The molecule has 0 atom stereocenters. The van der Waals surface area contributed by atoms with Crippen LogP contribution in [0.4, 0.5) is 5.69 Å². The van der Waals surface area contributed by atoms with Crippen molar-refractivity contribution >= 4 is 44.9 Å². The van der Waals surface area contributed by atoms with Gasteiger partial charge < -0.3 is 5.32 Å². The highest BCUT2D eigenvalue weighted by molar-refractivity contribution is 8.01. The third kappa shape index (κ3) is 3.31. The minimum Gasteiger partial charge on any atom is -0.325 e. The van der Waals surface area contributed by atoms with Crippen LogP contribution in [0.1, 0.15) is 11.1 Å². The van der Waals surface area contributed by atoms with Crippen molar-refractivity contribution in [2.45, 2.75) is 18.2 Å². The van der Waals surface area contributed by atoms with E-state index in [1.54, 1.807) is 11.3 Å². The van der Waals surface area contributed by atoms with Crippen LogP contribution in [0.3, 0.4) is 0 Å². The summed E-state index contributed by atoms with van der Waals surface area (Å²) in [4.78, 5) is 16.7. The van der Waals surface area contributed by atoms with Gasteiger partial charge in [-0.15, -0.1) is 11.3 Å². The maximum Gasteiger partial charge on any atom is 0.234 e. The molecule has 3 aromatic rings. The highest BCUT2D eigenvalue weighted by Gasteiger charge is 2.10. The first kappa shape index (κ1) is 15.1. The van der Waals surface area contributed by atoms with Crippen molar-refractivity contribution < 1.29 is 4.79 Å². The second kappa shape index (κ2) is 6.50. The predicted octanol–water partition coefficient (Wildman–Crippen LogP) is 4.64. The van der Waals surface area contributed by atoms with Crippen molar-refractivity contribution in [2.24, 2.45) is 0 Å². The molecule has 0 bridgehead atoms. The lowest BCUT2D eigenvalue weighted by Gasteiger charge is -2.10. The lowest BCUT2D eigenvalue weighted by molar-refractivity contribution is -0.113. The van der Waals surface area contributed by atoms with Crippen molar-refractivity contribution in [1.82, 2.24) is 4.98 Å². The molecule has 0 radical (unpaired) electrons. The number of benzene rings is 2. The van der Waals surface area contributed by atoms with E-state index in [1.165, 1.54) is 11.8 Å². The number of hydrogen-bond donors (Lipinski definition) is 1. The van der Waals surface area contributed by atoms with Crippen LogP contribution in [0.5, 0.6) is 0 Å². The van der Waals surface area contributed by atoms with E-state index in [0.717, 1.165) is 31.4 Å². The average molecular weight is 328 g/mol. The van der Waals surface area contributed by atoms with Crippen LogP contribution in [-0.4, -0.2) is 16.6 Å². The topological polar surface area (TPSA) is 42.0 Å². The Labute approximate surface area is 137 Å². The van der Waals surface area contributed by atoms with Crippen molar-refractivity contribution in [1.29, 1.82) is 0 Å². The molecule has 0 saturated carbocycles. The van der Waals surface area contributed by atoms with E-state index in [1.807, 2.05) is 56.3 Å². The molecule has 0 spiro atoms. The minimum absolute atomic E-state index is 0.00153. The summed E-state index contributed by atoms with van der Waals surface area (Å²) in [5, 5.41) is 3.00. The molecule has 0 saturated heterocycles. The number of carbonyl (C=O) groups excluding carboxylic acids is 1. The Morgan fingerprint density at radius 3 is 2.59 bits per heavy atom. The van der Waals surface area contributed by atoms with Gasteiger partial charge in [0.2, 0.25) is 5.91 Å². The van der Waals surface area contributed by atoms with Gasteiger partial charge in [-0.1, -0.05) is 42.1 Å². The monoisotopic (exact) mass is 328 g/mol. The first-order valence-electron chi connectivity index (χ1n) is 6.98. The van der Waals surface area contributed by atoms with E-state index in [9.17, 15) is 4.79 Å². The predicted molar refractivity (Wildman–Crippen MR) is 94.9 cm³/mol. The molecule has 1 aromatic heterocycles. The van der Waals surface area contributed by atoms with Crippen LogP contribution in [0.25, 0.3) is 10.2 Å². The van der Waals surface area contributed by atoms with Crippen LogP contribution in [0.2, 0.25) is 0 Å². The van der Waals surface area contributed by atoms with Gasteiger partial charge in [-0.05, 0) is 37.1 Å².